The Morgan fingerprint density at radius 1 is 1.03 bits per heavy atom. The lowest BCUT2D eigenvalue weighted by atomic mass is 9.87. The van der Waals surface area contributed by atoms with Crippen molar-refractivity contribution in [2.45, 2.75) is 45.3 Å². The van der Waals surface area contributed by atoms with Crippen LogP contribution in [0.5, 0.6) is 5.75 Å². The number of hydrogen-bond acceptors (Lipinski definition) is 3. The fourth-order valence-corrected chi connectivity index (χ4v) is 4.42. The smallest absolute Gasteiger partial charge is 0.265 e. The maximum Gasteiger partial charge on any atom is 0.265 e. The van der Waals surface area contributed by atoms with Crippen LogP contribution in [0.4, 0.5) is 14.5 Å². The third kappa shape index (κ3) is 5.50. The van der Waals surface area contributed by atoms with Gasteiger partial charge in [-0.3, -0.25) is 9.59 Å². The van der Waals surface area contributed by atoms with E-state index >= 15 is 0 Å². The zero-order valence-electron chi connectivity index (χ0n) is 19.8. The Bertz CT molecular complexity index is 1210. The van der Waals surface area contributed by atoms with Crippen molar-refractivity contribution in [2.75, 3.05) is 11.9 Å². The van der Waals surface area contributed by atoms with E-state index in [1.54, 1.807) is 11.0 Å². The third-order valence-electron chi connectivity index (χ3n) is 6.19. The molecule has 1 aliphatic heterocycles. The first-order chi connectivity index (χ1) is 16.9. The Morgan fingerprint density at radius 2 is 1.80 bits per heavy atom. The number of carbonyl (C=O) groups excluding carboxylic acids is 2. The highest BCUT2D eigenvalue weighted by Gasteiger charge is 2.32. The summed E-state index contributed by atoms with van der Waals surface area (Å²) in [4.78, 5) is 27.3. The normalized spacial score (nSPS) is 15.8. The molecule has 4 rings (SSSR count). The van der Waals surface area contributed by atoms with Crippen LogP contribution in [-0.2, 0) is 16.0 Å². The van der Waals surface area contributed by atoms with Gasteiger partial charge in [0.15, 0.2) is 6.10 Å². The SMILES string of the molecule is CCC(=O)N1CCc2ccc(O[C@H](CC)C(=O)Nc3ccc(F)cc3)cc2[C@@H]1c1cccc(F)c1. The Labute approximate surface area is 203 Å². The first-order valence-corrected chi connectivity index (χ1v) is 11.8. The summed E-state index contributed by atoms with van der Waals surface area (Å²) >= 11 is 0. The number of amides is 2. The predicted molar refractivity (Wildman–Crippen MR) is 130 cm³/mol. The van der Waals surface area contributed by atoms with Crippen molar-refractivity contribution in [3.63, 3.8) is 0 Å². The average molecular weight is 479 g/mol. The van der Waals surface area contributed by atoms with Crippen LogP contribution < -0.4 is 10.1 Å². The molecule has 0 unspecified atom stereocenters. The van der Waals surface area contributed by atoms with Gasteiger partial charge in [0.1, 0.15) is 17.4 Å². The number of benzene rings is 3. The van der Waals surface area contributed by atoms with E-state index in [9.17, 15) is 18.4 Å². The zero-order chi connectivity index (χ0) is 24.9. The lowest BCUT2D eigenvalue weighted by Gasteiger charge is -2.38. The maximum atomic E-state index is 14.1. The van der Waals surface area contributed by atoms with Crippen LogP contribution in [0.3, 0.4) is 0 Å². The molecule has 7 heteroatoms. The van der Waals surface area contributed by atoms with Crippen LogP contribution in [0.25, 0.3) is 0 Å². The van der Waals surface area contributed by atoms with Crippen LogP contribution in [0.1, 0.15) is 49.4 Å². The summed E-state index contributed by atoms with van der Waals surface area (Å²) in [5, 5.41) is 2.75. The van der Waals surface area contributed by atoms with Gasteiger partial charge in [0, 0.05) is 18.7 Å². The number of halogens is 2. The molecule has 1 aliphatic rings. The molecule has 0 aromatic heterocycles. The molecule has 5 nitrogen and oxygen atoms in total. The first kappa shape index (κ1) is 24.4. The molecule has 2 atom stereocenters. The second-order valence-corrected chi connectivity index (χ2v) is 8.52. The predicted octanol–water partition coefficient (Wildman–Crippen LogP) is 5.65. The van der Waals surface area contributed by atoms with Crippen LogP contribution in [0, 0.1) is 11.6 Å². The van der Waals surface area contributed by atoms with E-state index in [1.165, 1.54) is 36.4 Å². The summed E-state index contributed by atoms with van der Waals surface area (Å²) in [7, 11) is 0. The fourth-order valence-electron chi connectivity index (χ4n) is 4.42. The van der Waals surface area contributed by atoms with E-state index in [0.717, 1.165) is 11.1 Å². The largest absolute Gasteiger partial charge is 0.481 e. The topological polar surface area (TPSA) is 58.6 Å². The summed E-state index contributed by atoms with van der Waals surface area (Å²) in [5.41, 5.74) is 3.07. The van der Waals surface area contributed by atoms with Crippen LogP contribution in [0.2, 0.25) is 0 Å². The minimum absolute atomic E-state index is 0.0126. The van der Waals surface area contributed by atoms with Gasteiger partial charge in [0.2, 0.25) is 5.91 Å². The monoisotopic (exact) mass is 478 g/mol. The average Bonchev–Trinajstić information content (AvgIpc) is 2.87. The number of nitrogens with one attached hydrogen (secondary N) is 1. The Hall–Kier alpha value is -3.74. The molecule has 0 saturated heterocycles. The number of anilines is 1. The van der Waals surface area contributed by atoms with Crippen LogP contribution >= 0.6 is 0 Å². The molecule has 0 fully saturated rings. The second-order valence-electron chi connectivity index (χ2n) is 8.52. The summed E-state index contributed by atoms with van der Waals surface area (Å²) in [6.07, 6.45) is 0.661. The highest BCUT2D eigenvalue weighted by molar-refractivity contribution is 5.94. The number of rotatable bonds is 7. The molecule has 0 aliphatic carbocycles. The van der Waals surface area contributed by atoms with E-state index in [0.29, 0.717) is 42.8 Å². The van der Waals surface area contributed by atoms with Gasteiger partial charge < -0.3 is 15.0 Å². The van der Waals surface area contributed by atoms with Gasteiger partial charge >= 0.3 is 0 Å². The second kappa shape index (κ2) is 10.7. The van der Waals surface area contributed by atoms with Crippen molar-refractivity contribution in [1.29, 1.82) is 0 Å². The summed E-state index contributed by atoms with van der Waals surface area (Å²) in [6, 6.07) is 17.0. The molecule has 0 radical (unpaired) electrons. The number of nitrogens with zero attached hydrogens (tertiary/aromatic N) is 1. The Balaban J connectivity index is 1.62. The summed E-state index contributed by atoms with van der Waals surface area (Å²) < 4.78 is 33.3. The van der Waals surface area contributed by atoms with Crippen molar-refractivity contribution < 1.29 is 23.1 Å². The summed E-state index contributed by atoms with van der Waals surface area (Å²) in [6.45, 7) is 4.19. The van der Waals surface area contributed by atoms with Gasteiger partial charge in [0.05, 0.1) is 6.04 Å². The molecule has 0 spiro atoms. The third-order valence-corrected chi connectivity index (χ3v) is 6.19. The highest BCUT2D eigenvalue weighted by Crippen LogP contribution is 2.38. The molecule has 35 heavy (non-hydrogen) atoms. The molecule has 182 valence electrons. The number of hydrogen-bond donors (Lipinski definition) is 1. The van der Waals surface area contributed by atoms with Gasteiger partial charge in [-0.1, -0.05) is 32.0 Å². The summed E-state index contributed by atoms with van der Waals surface area (Å²) in [5.74, 6) is -0.627. The lowest BCUT2D eigenvalue weighted by Crippen LogP contribution is -2.40. The van der Waals surface area contributed by atoms with Crippen LogP contribution in [-0.4, -0.2) is 29.4 Å². The van der Waals surface area contributed by atoms with E-state index in [2.05, 4.69) is 5.32 Å². The van der Waals surface area contributed by atoms with E-state index in [-0.39, 0.29) is 23.4 Å². The molecule has 3 aromatic carbocycles. The molecule has 0 saturated carbocycles. The van der Waals surface area contributed by atoms with Gasteiger partial charge in [-0.25, -0.2) is 8.78 Å². The molecule has 1 heterocycles. The Morgan fingerprint density at radius 3 is 2.49 bits per heavy atom. The van der Waals surface area contributed by atoms with E-state index < -0.39 is 12.1 Å². The minimum atomic E-state index is -0.775. The zero-order valence-corrected chi connectivity index (χ0v) is 19.8. The number of carbonyl (C=O) groups is 2. The van der Waals surface area contributed by atoms with Crippen molar-refractivity contribution in [1.82, 2.24) is 4.90 Å². The fraction of sp³-hybridized carbons (Fsp3) is 0.286. The van der Waals surface area contributed by atoms with Crippen molar-refractivity contribution in [2.24, 2.45) is 0 Å². The van der Waals surface area contributed by atoms with E-state index in [4.69, 9.17) is 4.74 Å². The van der Waals surface area contributed by atoms with Gasteiger partial charge in [-0.15, -0.1) is 0 Å². The first-order valence-electron chi connectivity index (χ1n) is 11.8. The van der Waals surface area contributed by atoms with Gasteiger partial charge in [0.25, 0.3) is 5.91 Å². The standard InChI is InChI=1S/C28H28F2N2O3/c1-3-25(28(34)31-22-11-9-20(29)10-12-22)35-23-13-8-18-14-15-32(26(33)4-2)27(24(18)17-23)19-6-5-7-21(30)16-19/h5-13,16-17,25,27H,3-4,14-15H2,1-2H3,(H,31,34)/t25-,27+/m1/s1. The molecule has 2 amide bonds. The van der Waals surface area contributed by atoms with Crippen molar-refractivity contribution >= 4 is 17.5 Å². The lowest BCUT2D eigenvalue weighted by molar-refractivity contribution is -0.133. The van der Waals surface area contributed by atoms with Gasteiger partial charge in [-0.2, -0.15) is 0 Å². The molecule has 0 bridgehead atoms. The quantitative estimate of drug-likeness (QED) is 0.478. The molecular weight excluding hydrogens is 450 g/mol. The maximum absolute atomic E-state index is 14.1. The van der Waals surface area contributed by atoms with Crippen LogP contribution in [0.15, 0.2) is 66.7 Å². The Kier molecular flexibility index (Phi) is 7.44. The van der Waals surface area contributed by atoms with Crippen molar-refractivity contribution in [3.05, 3.63) is 95.1 Å². The van der Waals surface area contributed by atoms with Gasteiger partial charge in [-0.05, 0) is 78.1 Å². The molecule has 1 N–H and O–H groups in total. The highest BCUT2D eigenvalue weighted by atomic mass is 19.1. The minimum Gasteiger partial charge on any atom is -0.481 e. The number of fused-ring (bicyclic) bond motifs is 1. The number of ether oxygens (including phenoxy) is 1. The van der Waals surface area contributed by atoms with Crippen molar-refractivity contribution in [3.8, 4) is 5.75 Å². The molecular formula is C28H28F2N2O3. The van der Waals surface area contributed by atoms with E-state index in [1.807, 2.05) is 38.1 Å². The molecule has 3 aromatic rings.